The zero-order valence-electron chi connectivity index (χ0n) is 11.3. The summed E-state index contributed by atoms with van der Waals surface area (Å²) in [5.74, 6) is -0.849. The summed E-state index contributed by atoms with van der Waals surface area (Å²) in [6.45, 7) is 0.0901. The van der Waals surface area contributed by atoms with E-state index in [-0.39, 0.29) is 18.5 Å². The molecule has 0 spiro atoms. The largest absolute Gasteiger partial charge is 0.330 e. The molecule has 12 heteroatoms. The SMILES string of the molecule is NCCc1ccc(S(=O)(=O)CCP(=O)(O)O)cc1S(=O)(=O)O. The normalized spacial score (nSPS) is 13.3. The molecule has 0 heterocycles. The molecule has 1 rings (SSSR count). The van der Waals surface area contributed by atoms with Gasteiger partial charge in [0.05, 0.1) is 21.7 Å². The number of hydrogen-bond acceptors (Lipinski definition) is 6. The topological polar surface area (TPSA) is 172 Å². The molecule has 0 aliphatic heterocycles. The zero-order valence-corrected chi connectivity index (χ0v) is 13.8. The second-order valence-electron chi connectivity index (χ2n) is 4.49. The molecule has 22 heavy (non-hydrogen) atoms. The number of rotatable bonds is 7. The Hall–Kier alpha value is -0.810. The zero-order chi connectivity index (χ0) is 17.2. The van der Waals surface area contributed by atoms with Crippen molar-refractivity contribution in [2.75, 3.05) is 18.5 Å². The quantitative estimate of drug-likeness (QED) is 0.359. The van der Waals surface area contributed by atoms with Crippen LogP contribution in [0.5, 0.6) is 0 Å². The summed E-state index contributed by atoms with van der Waals surface area (Å²) in [7, 11) is -13.3. The van der Waals surface area contributed by atoms with E-state index in [1.54, 1.807) is 0 Å². The Morgan fingerprint density at radius 1 is 1.14 bits per heavy atom. The minimum absolute atomic E-state index is 0.0901. The van der Waals surface area contributed by atoms with Gasteiger partial charge in [0.15, 0.2) is 9.84 Å². The Balaban J connectivity index is 3.30. The van der Waals surface area contributed by atoms with Crippen molar-refractivity contribution >= 4 is 27.6 Å². The molecule has 0 aliphatic carbocycles. The smallest absolute Gasteiger partial charge is 0.326 e. The van der Waals surface area contributed by atoms with Crippen LogP contribution >= 0.6 is 7.60 Å². The van der Waals surface area contributed by atoms with Gasteiger partial charge in [-0.3, -0.25) is 9.12 Å². The van der Waals surface area contributed by atoms with Crippen molar-refractivity contribution in [2.45, 2.75) is 16.2 Å². The summed E-state index contributed by atoms with van der Waals surface area (Å²) < 4.78 is 66.5. The van der Waals surface area contributed by atoms with E-state index in [1.807, 2.05) is 0 Å². The Kier molecular flexibility index (Phi) is 5.90. The minimum atomic E-state index is -4.66. The molecular weight excluding hydrogens is 357 g/mol. The van der Waals surface area contributed by atoms with E-state index < -0.39 is 49.3 Å². The highest BCUT2D eigenvalue weighted by Gasteiger charge is 2.24. The van der Waals surface area contributed by atoms with Gasteiger partial charge >= 0.3 is 7.60 Å². The van der Waals surface area contributed by atoms with Gasteiger partial charge < -0.3 is 15.5 Å². The lowest BCUT2D eigenvalue weighted by Crippen LogP contribution is -2.14. The predicted octanol–water partition coefficient (Wildman–Crippen LogP) is -0.614. The van der Waals surface area contributed by atoms with Crippen molar-refractivity contribution in [2.24, 2.45) is 5.73 Å². The molecule has 0 fully saturated rings. The van der Waals surface area contributed by atoms with Gasteiger partial charge in [-0.25, -0.2) is 8.42 Å². The van der Waals surface area contributed by atoms with Crippen LogP contribution in [0, 0.1) is 0 Å². The van der Waals surface area contributed by atoms with Crippen molar-refractivity contribution in [3.8, 4) is 0 Å². The van der Waals surface area contributed by atoms with E-state index in [0.717, 1.165) is 12.1 Å². The third kappa shape index (κ3) is 5.43. The number of hydrogen-bond donors (Lipinski definition) is 4. The van der Waals surface area contributed by atoms with Crippen LogP contribution in [0.1, 0.15) is 5.56 Å². The van der Waals surface area contributed by atoms with Crippen LogP contribution in [0.15, 0.2) is 28.0 Å². The molecule has 0 amide bonds. The van der Waals surface area contributed by atoms with Crippen LogP contribution < -0.4 is 5.73 Å². The molecule has 126 valence electrons. The molecule has 0 saturated heterocycles. The minimum Gasteiger partial charge on any atom is -0.330 e. The molecule has 0 aromatic heterocycles. The van der Waals surface area contributed by atoms with Crippen molar-refractivity contribution in [1.29, 1.82) is 0 Å². The first-order chi connectivity index (χ1) is 9.87. The maximum Gasteiger partial charge on any atom is 0.326 e. The van der Waals surface area contributed by atoms with Crippen molar-refractivity contribution < 1.29 is 35.7 Å². The lowest BCUT2D eigenvalue weighted by atomic mass is 10.1. The average molecular weight is 373 g/mol. The van der Waals surface area contributed by atoms with Crippen LogP contribution in [-0.4, -0.2) is 49.6 Å². The van der Waals surface area contributed by atoms with Gasteiger partial charge in [0.1, 0.15) is 0 Å². The fourth-order valence-electron chi connectivity index (χ4n) is 1.69. The highest BCUT2D eigenvalue weighted by atomic mass is 32.2. The summed E-state index contributed by atoms with van der Waals surface area (Å²) >= 11 is 0. The number of sulfone groups is 1. The lowest BCUT2D eigenvalue weighted by molar-refractivity contribution is 0.374. The summed E-state index contributed by atoms with van der Waals surface area (Å²) in [5.41, 5.74) is 5.46. The van der Waals surface area contributed by atoms with Crippen molar-refractivity contribution in [3.05, 3.63) is 23.8 Å². The Morgan fingerprint density at radius 2 is 1.73 bits per heavy atom. The van der Waals surface area contributed by atoms with E-state index in [0.29, 0.717) is 0 Å². The van der Waals surface area contributed by atoms with E-state index in [4.69, 9.17) is 20.1 Å². The first-order valence-corrected chi connectivity index (χ1v) is 10.8. The van der Waals surface area contributed by atoms with E-state index >= 15 is 0 Å². The van der Waals surface area contributed by atoms with E-state index in [9.17, 15) is 21.4 Å². The van der Waals surface area contributed by atoms with Crippen LogP contribution in [0.2, 0.25) is 0 Å². The standard InChI is InChI=1S/C10H16NO8PS2/c11-4-3-8-1-2-9(7-10(8)22(17,18)19)21(15,16)6-5-20(12,13)14/h1-2,7H,3-6,11H2,(H2,12,13,14)(H,17,18,19). The monoisotopic (exact) mass is 373 g/mol. The molecule has 9 nitrogen and oxygen atoms in total. The molecule has 0 aliphatic rings. The Labute approximate surface area is 128 Å². The molecule has 0 bridgehead atoms. The molecule has 0 saturated carbocycles. The highest BCUT2D eigenvalue weighted by molar-refractivity contribution is 7.91. The molecule has 0 unspecified atom stereocenters. The van der Waals surface area contributed by atoms with E-state index in [1.165, 1.54) is 6.07 Å². The van der Waals surface area contributed by atoms with Gasteiger partial charge in [0, 0.05) is 0 Å². The number of benzene rings is 1. The summed E-state index contributed by atoms with van der Waals surface area (Å²) in [5, 5.41) is 0. The second-order valence-corrected chi connectivity index (χ2v) is 9.77. The fraction of sp³-hybridized carbons (Fsp3) is 0.400. The van der Waals surface area contributed by atoms with Crippen LogP contribution in [0.4, 0.5) is 0 Å². The first-order valence-electron chi connectivity index (χ1n) is 5.94. The van der Waals surface area contributed by atoms with Gasteiger partial charge in [-0.05, 0) is 30.7 Å². The first kappa shape index (κ1) is 19.2. The third-order valence-corrected chi connectivity index (χ3v) is 6.50. The van der Waals surface area contributed by atoms with Crippen molar-refractivity contribution in [3.63, 3.8) is 0 Å². The third-order valence-electron chi connectivity index (χ3n) is 2.74. The van der Waals surface area contributed by atoms with Gasteiger partial charge in [0.25, 0.3) is 10.1 Å². The summed E-state index contributed by atoms with van der Waals surface area (Å²) in [6, 6.07) is 3.06. The fourth-order valence-corrected chi connectivity index (χ4v) is 5.26. The Bertz CT molecular complexity index is 796. The van der Waals surface area contributed by atoms with E-state index in [2.05, 4.69) is 0 Å². The second kappa shape index (κ2) is 6.75. The highest BCUT2D eigenvalue weighted by Crippen LogP contribution is 2.34. The van der Waals surface area contributed by atoms with Gasteiger partial charge in [-0.15, -0.1) is 0 Å². The maximum absolute atomic E-state index is 12.0. The average Bonchev–Trinajstić information content (AvgIpc) is 2.35. The summed E-state index contributed by atoms with van der Waals surface area (Å²) in [4.78, 5) is 16.4. The lowest BCUT2D eigenvalue weighted by Gasteiger charge is -2.10. The molecule has 1 aromatic carbocycles. The van der Waals surface area contributed by atoms with Gasteiger partial charge in [-0.1, -0.05) is 6.07 Å². The van der Waals surface area contributed by atoms with Crippen LogP contribution in [0.3, 0.4) is 0 Å². The van der Waals surface area contributed by atoms with Crippen LogP contribution in [-0.2, 0) is 30.9 Å². The van der Waals surface area contributed by atoms with Gasteiger partial charge in [0.2, 0.25) is 0 Å². The van der Waals surface area contributed by atoms with Crippen LogP contribution in [0.25, 0.3) is 0 Å². The molecule has 5 N–H and O–H groups in total. The number of nitrogens with two attached hydrogens (primary N) is 1. The molecular formula is C10H16NO8PS2. The molecule has 0 atom stereocenters. The Morgan fingerprint density at radius 3 is 2.18 bits per heavy atom. The molecule has 0 radical (unpaired) electrons. The van der Waals surface area contributed by atoms with Gasteiger partial charge in [-0.2, -0.15) is 8.42 Å². The maximum atomic E-state index is 12.0. The predicted molar refractivity (Wildman–Crippen MR) is 78.0 cm³/mol. The van der Waals surface area contributed by atoms with Crippen molar-refractivity contribution in [1.82, 2.24) is 0 Å². The summed E-state index contributed by atoms with van der Waals surface area (Å²) in [6.07, 6.45) is -0.779. The molecule has 1 aromatic rings.